The molecule has 0 spiro atoms. The molecule has 0 aliphatic carbocycles. The van der Waals surface area contributed by atoms with Gasteiger partial charge in [0, 0.05) is 31.9 Å². The minimum Gasteiger partial charge on any atom is -0.382 e. The number of carbonyl (C=O) groups is 1. The van der Waals surface area contributed by atoms with E-state index in [0.717, 1.165) is 49.5 Å². The van der Waals surface area contributed by atoms with Gasteiger partial charge in [0.2, 0.25) is 0 Å². The molecule has 0 radical (unpaired) electrons. The second kappa shape index (κ2) is 8.90. The van der Waals surface area contributed by atoms with E-state index in [1.54, 1.807) is 11.1 Å². The van der Waals surface area contributed by atoms with Crippen LogP contribution in [0.25, 0.3) is 0 Å². The van der Waals surface area contributed by atoms with E-state index < -0.39 is 0 Å². The molecule has 0 bridgehead atoms. The Morgan fingerprint density at radius 3 is 2.80 bits per heavy atom. The average molecular weight is 409 g/mol. The highest BCUT2D eigenvalue weighted by Gasteiger charge is 2.29. The fourth-order valence-electron chi connectivity index (χ4n) is 4.30. The van der Waals surface area contributed by atoms with Crippen molar-refractivity contribution in [3.05, 3.63) is 36.0 Å². The van der Waals surface area contributed by atoms with Crippen molar-refractivity contribution in [1.29, 1.82) is 0 Å². The van der Waals surface area contributed by atoms with Gasteiger partial charge in [0.1, 0.15) is 11.6 Å². The second-order valence-corrected chi connectivity index (χ2v) is 8.67. The number of anilines is 4. The van der Waals surface area contributed by atoms with E-state index in [0.29, 0.717) is 17.6 Å². The van der Waals surface area contributed by atoms with Gasteiger partial charge in [-0.15, -0.1) is 0 Å². The van der Waals surface area contributed by atoms with Gasteiger partial charge in [-0.3, -0.25) is 10.2 Å². The van der Waals surface area contributed by atoms with E-state index in [2.05, 4.69) is 46.5 Å². The second-order valence-electron chi connectivity index (χ2n) is 8.67. The first kappa shape index (κ1) is 20.4. The Bertz CT molecular complexity index is 884. The van der Waals surface area contributed by atoms with Gasteiger partial charge in [0.05, 0.1) is 5.69 Å². The highest BCUT2D eigenvalue weighted by Crippen LogP contribution is 2.33. The lowest BCUT2D eigenvalue weighted by molar-refractivity contribution is 0.254. The smallest absolute Gasteiger partial charge is 0.328 e. The number of nitrogens with zero attached hydrogens (tertiary/aromatic N) is 4. The number of hydrogen-bond acceptors (Lipinski definition) is 5. The fourth-order valence-corrected chi connectivity index (χ4v) is 4.30. The number of piperidine rings is 1. The van der Waals surface area contributed by atoms with Crippen molar-refractivity contribution in [2.24, 2.45) is 5.92 Å². The Labute approximate surface area is 178 Å². The molecule has 7 nitrogen and oxygen atoms in total. The van der Waals surface area contributed by atoms with Gasteiger partial charge in [-0.25, -0.2) is 14.8 Å². The highest BCUT2D eigenvalue weighted by molar-refractivity contribution is 6.03. The number of carbonyl (C=O) groups excluding carboxylic acids is 1. The maximum atomic E-state index is 13.3. The van der Waals surface area contributed by atoms with E-state index in [1.807, 2.05) is 19.1 Å². The lowest BCUT2D eigenvalue weighted by Gasteiger charge is -2.35. The molecule has 1 unspecified atom stereocenters. The van der Waals surface area contributed by atoms with Gasteiger partial charge in [-0.2, -0.15) is 0 Å². The molecule has 2 atom stereocenters. The van der Waals surface area contributed by atoms with Gasteiger partial charge < -0.3 is 10.2 Å². The molecule has 0 aromatic carbocycles. The first-order valence-corrected chi connectivity index (χ1v) is 11.0. The molecule has 2 aliphatic heterocycles. The summed E-state index contributed by atoms with van der Waals surface area (Å²) in [5.41, 5.74) is 1.96. The standard InChI is InChI=1S/C23H32N6O/c1-16-8-10-20(25-14-16)26-23(30)29-18(3)7-4-12-24-19-9-11-21(27-22(19)29)28-13-5-6-17(2)15-28/h8-11,14,17-18,24H,4-7,12-13,15H2,1-3H3,(H,25,26,30)/t17?,18-/m1/s1. The van der Waals surface area contributed by atoms with Gasteiger partial charge in [-0.05, 0) is 69.2 Å². The first-order chi connectivity index (χ1) is 14.5. The maximum absolute atomic E-state index is 13.3. The summed E-state index contributed by atoms with van der Waals surface area (Å²) >= 11 is 0. The summed E-state index contributed by atoms with van der Waals surface area (Å²) < 4.78 is 0. The lowest BCUT2D eigenvalue weighted by Crippen LogP contribution is -2.44. The summed E-state index contributed by atoms with van der Waals surface area (Å²) in [5, 5.41) is 6.42. The molecule has 2 N–H and O–H groups in total. The SMILES string of the molecule is Cc1ccc(NC(=O)N2c3nc(N4CCCC(C)C4)ccc3NCCC[C@H]2C)nc1. The van der Waals surface area contributed by atoms with Gasteiger partial charge >= 0.3 is 6.03 Å². The number of pyridine rings is 2. The molecule has 160 valence electrons. The zero-order valence-corrected chi connectivity index (χ0v) is 18.2. The van der Waals surface area contributed by atoms with Crippen molar-refractivity contribution < 1.29 is 4.79 Å². The molecule has 1 saturated heterocycles. The number of amides is 2. The number of nitrogens with one attached hydrogen (secondary N) is 2. The Balaban J connectivity index is 1.66. The Morgan fingerprint density at radius 1 is 1.17 bits per heavy atom. The Kier molecular flexibility index (Phi) is 6.06. The minimum absolute atomic E-state index is 0.0410. The molecule has 4 heterocycles. The van der Waals surface area contributed by atoms with Crippen LogP contribution in [-0.2, 0) is 0 Å². The van der Waals surface area contributed by atoms with E-state index in [9.17, 15) is 4.79 Å². The van der Waals surface area contributed by atoms with E-state index in [-0.39, 0.29) is 12.1 Å². The van der Waals surface area contributed by atoms with Crippen LogP contribution in [-0.4, -0.2) is 41.7 Å². The third kappa shape index (κ3) is 4.50. The predicted molar refractivity (Wildman–Crippen MR) is 123 cm³/mol. The number of rotatable bonds is 2. The molecule has 7 heteroatoms. The summed E-state index contributed by atoms with van der Waals surface area (Å²) in [6, 6.07) is 7.77. The predicted octanol–water partition coefficient (Wildman–Crippen LogP) is 4.65. The van der Waals surface area contributed by atoms with Crippen LogP contribution in [0.1, 0.15) is 45.1 Å². The van der Waals surface area contributed by atoms with E-state index in [4.69, 9.17) is 4.98 Å². The molecule has 2 amide bonds. The van der Waals surface area contributed by atoms with Crippen molar-refractivity contribution in [2.45, 2.75) is 52.5 Å². The zero-order chi connectivity index (χ0) is 21.1. The third-order valence-electron chi connectivity index (χ3n) is 5.99. The monoisotopic (exact) mass is 408 g/mol. The summed E-state index contributed by atoms with van der Waals surface area (Å²) in [4.78, 5) is 26.8. The van der Waals surface area contributed by atoms with Crippen molar-refractivity contribution in [3.8, 4) is 0 Å². The van der Waals surface area contributed by atoms with Crippen molar-refractivity contribution in [2.75, 3.05) is 40.1 Å². The number of hydrogen-bond donors (Lipinski definition) is 2. The quantitative estimate of drug-likeness (QED) is 0.756. The number of urea groups is 1. The van der Waals surface area contributed by atoms with E-state index in [1.165, 1.54) is 12.8 Å². The summed E-state index contributed by atoms with van der Waals surface area (Å²) in [5.74, 6) is 2.85. The van der Waals surface area contributed by atoms with Crippen LogP contribution >= 0.6 is 0 Å². The Morgan fingerprint density at radius 2 is 2.03 bits per heavy atom. The topological polar surface area (TPSA) is 73.4 Å². The first-order valence-electron chi connectivity index (χ1n) is 11.0. The van der Waals surface area contributed by atoms with Gasteiger partial charge in [0.25, 0.3) is 0 Å². The molecular weight excluding hydrogens is 376 g/mol. The number of aromatic nitrogens is 2. The molecule has 2 aromatic heterocycles. The van der Waals surface area contributed by atoms with Gasteiger partial charge in [0.15, 0.2) is 5.82 Å². The maximum Gasteiger partial charge on any atom is 0.328 e. The molecule has 4 rings (SSSR count). The van der Waals surface area contributed by atoms with Crippen LogP contribution < -0.4 is 20.4 Å². The van der Waals surface area contributed by atoms with Crippen molar-refractivity contribution in [3.63, 3.8) is 0 Å². The van der Waals surface area contributed by atoms with Crippen molar-refractivity contribution >= 4 is 29.2 Å². The normalized spacial score (nSPS) is 21.8. The molecule has 2 aliphatic rings. The van der Waals surface area contributed by atoms with Crippen LogP contribution in [0.4, 0.5) is 27.9 Å². The van der Waals surface area contributed by atoms with Crippen molar-refractivity contribution in [1.82, 2.24) is 9.97 Å². The summed E-state index contributed by atoms with van der Waals surface area (Å²) in [7, 11) is 0. The molecule has 30 heavy (non-hydrogen) atoms. The molecular formula is C23H32N6O. The average Bonchev–Trinajstić information content (AvgIpc) is 2.72. The number of aryl methyl sites for hydroxylation is 1. The van der Waals surface area contributed by atoms with E-state index >= 15 is 0 Å². The zero-order valence-electron chi connectivity index (χ0n) is 18.2. The summed E-state index contributed by atoms with van der Waals surface area (Å²) in [6.45, 7) is 9.26. The summed E-state index contributed by atoms with van der Waals surface area (Å²) in [6.07, 6.45) is 6.11. The third-order valence-corrected chi connectivity index (χ3v) is 5.99. The largest absolute Gasteiger partial charge is 0.382 e. The lowest BCUT2D eigenvalue weighted by atomic mass is 10.0. The van der Waals surface area contributed by atoms with Crippen LogP contribution in [0.5, 0.6) is 0 Å². The molecule has 1 fully saturated rings. The van der Waals surface area contributed by atoms with Crippen LogP contribution in [0.2, 0.25) is 0 Å². The highest BCUT2D eigenvalue weighted by atomic mass is 16.2. The van der Waals surface area contributed by atoms with Crippen LogP contribution in [0.3, 0.4) is 0 Å². The minimum atomic E-state index is -0.194. The van der Waals surface area contributed by atoms with Crippen LogP contribution in [0, 0.1) is 12.8 Å². The Hall–Kier alpha value is -2.83. The van der Waals surface area contributed by atoms with Crippen LogP contribution in [0.15, 0.2) is 30.5 Å². The molecule has 0 saturated carbocycles. The molecule has 2 aromatic rings. The number of fused-ring (bicyclic) bond motifs is 1. The van der Waals surface area contributed by atoms with Gasteiger partial charge in [-0.1, -0.05) is 13.0 Å². The fraction of sp³-hybridized carbons (Fsp3) is 0.522.